The lowest BCUT2D eigenvalue weighted by Gasteiger charge is -2.27. The molecule has 0 aromatic heterocycles. The Balaban J connectivity index is 3.11. The first-order chi connectivity index (χ1) is 7.38. The number of benzene rings is 1. The Hall–Kier alpha value is -0.440. The van der Waals surface area contributed by atoms with Crippen molar-refractivity contribution in [2.45, 2.75) is 45.4 Å². The van der Waals surface area contributed by atoms with Gasteiger partial charge in [0.25, 0.3) is 0 Å². The van der Waals surface area contributed by atoms with E-state index in [4.69, 9.17) is 0 Å². The van der Waals surface area contributed by atoms with Gasteiger partial charge in [-0.15, -0.1) is 0 Å². The van der Waals surface area contributed by atoms with Crippen LogP contribution in [0.3, 0.4) is 0 Å². The maximum atomic E-state index is 13.8. The first kappa shape index (κ1) is 13.6. The van der Waals surface area contributed by atoms with Crippen molar-refractivity contribution in [2.75, 3.05) is 0 Å². The van der Waals surface area contributed by atoms with Crippen LogP contribution in [0.1, 0.15) is 45.6 Å². The summed E-state index contributed by atoms with van der Waals surface area (Å²) in [7, 11) is 0. The molecule has 3 heteroatoms. The molecule has 0 saturated heterocycles. The van der Waals surface area contributed by atoms with E-state index in [1.54, 1.807) is 0 Å². The van der Waals surface area contributed by atoms with Gasteiger partial charge in [0.15, 0.2) is 0 Å². The molecule has 1 rings (SSSR count). The van der Waals surface area contributed by atoms with Crippen molar-refractivity contribution >= 4 is 15.9 Å². The van der Waals surface area contributed by atoms with Crippen LogP contribution < -0.4 is 0 Å². The molecule has 0 radical (unpaired) electrons. The van der Waals surface area contributed by atoms with Gasteiger partial charge < -0.3 is 0 Å². The van der Waals surface area contributed by atoms with Gasteiger partial charge in [-0.3, -0.25) is 0 Å². The molecule has 0 aliphatic rings. The van der Waals surface area contributed by atoms with E-state index in [0.717, 1.165) is 25.3 Å². The average Bonchev–Trinajstić information content (AvgIpc) is 2.12. The monoisotopic (exact) mass is 290 g/mol. The summed E-state index contributed by atoms with van der Waals surface area (Å²) in [6.45, 7) is 6.08. The molecule has 0 N–H and O–H groups in total. The average molecular weight is 291 g/mol. The zero-order valence-corrected chi connectivity index (χ0v) is 11.5. The van der Waals surface area contributed by atoms with Gasteiger partial charge in [-0.05, 0) is 17.9 Å². The Bertz CT molecular complexity index is 349. The van der Waals surface area contributed by atoms with Crippen molar-refractivity contribution in [3.8, 4) is 0 Å². The van der Waals surface area contributed by atoms with Crippen molar-refractivity contribution in [1.82, 2.24) is 0 Å². The van der Waals surface area contributed by atoms with E-state index in [1.165, 1.54) is 6.07 Å². The summed E-state index contributed by atoms with van der Waals surface area (Å²) in [6.07, 6.45) is 3.00. The van der Waals surface area contributed by atoms with Gasteiger partial charge in [0.2, 0.25) is 0 Å². The molecule has 0 spiro atoms. The minimum atomic E-state index is -0.542. The van der Waals surface area contributed by atoms with E-state index in [2.05, 4.69) is 22.9 Å². The molecule has 1 aromatic rings. The Morgan fingerprint density at radius 1 is 1.25 bits per heavy atom. The van der Waals surface area contributed by atoms with Gasteiger partial charge >= 0.3 is 0 Å². The van der Waals surface area contributed by atoms with Crippen LogP contribution in [-0.4, -0.2) is 0 Å². The summed E-state index contributed by atoms with van der Waals surface area (Å²) < 4.78 is 27.3. The fourth-order valence-corrected chi connectivity index (χ4v) is 2.88. The summed E-state index contributed by atoms with van der Waals surface area (Å²) >= 11 is 3.25. The number of halogens is 3. The van der Waals surface area contributed by atoms with Gasteiger partial charge in [-0.2, -0.15) is 0 Å². The Morgan fingerprint density at radius 3 is 2.38 bits per heavy atom. The number of rotatable bonds is 4. The second-order valence-corrected chi connectivity index (χ2v) is 5.59. The normalized spacial score (nSPS) is 11.9. The third-order valence-electron chi connectivity index (χ3n) is 2.84. The molecular formula is C13H17BrF2. The molecule has 16 heavy (non-hydrogen) atoms. The fourth-order valence-electron chi connectivity index (χ4n) is 1.93. The van der Waals surface area contributed by atoms with E-state index < -0.39 is 11.6 Å². The molecule has 0 unspecified atom stereocenters. The van der Waals surface area contributed by atoms with Gasteiger partial charge in [0.1, 0.15) is 11.6 Å². The highest BCUT2D eigenvalue weighted by Gasteiger charge is 2.26. The highest BCUT2D eigenvalue weighted by Crippen LogP contribution is 2.36. The number of hydrogen-bond donors (Lipinski definition) is 0. The van der Waals surface area contributed by atoms with Gasteiger partial charge in [-0.25, -0.2) is 8.78 Å². The molecule has 0 bridgehead atoms. The summed E-state index contributed by atoms with van der Waals surface area (Å²) in [5.41, 5.74) is 0.300. The second-order valence-electron chi connectivity index (χ2n) is 4.73. The third-order valence-corrected chi connectivity index (χ3v) is 3.46. The lowest BCUT2D eigenvalue weighted by Crippen LogP contribution is -2.20. The second kappa shape index (κ2) is 5.26. The van der Waals surface area contributed by atoms with Crippen molar-refractivity contribution in [3.05, 3.63) is 33.8 Å². The standard InChI is InChI=1S/C13H17BrF2/c1-4-5-6-13(2,3)12-10(14)7-9(15)8-11(12)16/h7-8H,4-6H2,1-3H3. The van der Waals surface area contributed by atoms with Crippen LogP contribution >= 0.6 is 15.9 Å². The maximum absolute atomic E-state index is 13.8. The van der Waals surface area contributed by atoms with E-state index in [1.807, 2.05) is 13.8 Å². The first-order valence-corrected chi connectivity index (χ1v) is 6.33. The van der Waals surface area contributed by atoms with Crippen LogP contribution in [0, 0.1) is 11.6 Å². The highest BCUT2D eigenvalue weighted by atomic mass is 79.9. The highest BCUT2D eigenvalue weighted by molar-refractivity contribution is 9.10. The maximum Gasteiger partial charge on any atom is 0.130 e. The van der Waals surface area contributed by atoms with Crippen LogP contribution in [0.15, 0.2) is 16.6 Å². The topological polar surface area (TPSA) is 0 Å². The van der Waals surface area contributed by atoms with Crippen molar-refractivity contribution < 1.29 is 8.78 Å². The molecule has 0 amide bonds. The Kier molecular flexibility index (Phi) is 4.48. The van der Waals surface area contributed by atoms with Crippen LogP contribution in [0.5, 0.6) is 0 Å². The lowest BCUT2D eigenvalue weighted by atomic mass is 9.80. The zero-order chi connectivity index (χ0) is 12.3. The minimum Gasteiger partial charge on any atom is -0.207 e. The molecule has 1 aromatic carbocycles. The molecule has 0 aliphatic heterocycles. The predicted molar refractivity (Wildman–Crippen MR) is 66.6 cm³/mol. The lowest BCUT2D eigenvalue weighted by molar-refractivity contribution is 0.428. The SMILES string of the molecule is CCCCC(C)(C)c1c(F)cc(F)cc1Br. The summed E-state index contributed by atoms with van der Waals surface area (Å²) in [5, 5.41) is 0. The van der Waals surface area contributed by atoms with Crippen molar-refractivity contribution in [3.63, 3.8) is 0 Å². The minimum absolute atomic E-state index is 0.271. The smallest absolute Gasteiger partial charge is 0.130 e. The van der Waals surface area contributed by atoms with Crippen molar-refractivity contribution in [1.29, 1.82) is 0 Å². The Labute approximate surface area is 104 Å². The van der Waals surface area contributed by atoms with E-state index in [-0.39, 0.29) is 5.41 Å². The molecule has 0 nitrogen and oxygen atoms in total. The molecular weight excluding hydrogens is 274 g/mol. The number of hydrogen-bond acceptors (Lipinski definition) is 0. The molecule has 0 fully saturated rings. The molecule has 90 valence electrons. The molecule has 0 aliphatic carbocycles. The molecule has 0 heterocycles. The molecule has 0 atom stereocenters. The van der Waals surface area contributed by atoms with Gasteiger partial charge in [0.05, 0.1) is 0 Å². The van der Waals surface area contributed by atoms with E-state index in [0.29, 0.717) is 10.0 Å². The Morgan fingerprint density at radius 2 is 1.88 bits per heavy atom. The van der Waals surface area contributed by atoms with Crippen LogP contribution in [0.4, 0.5) is 8.78 Å². The largest absolute Gasteiger partial charge is 0.207 e. The van der Waals surface area contributed by atoms with Crippen LogP contribution in [-0.2, 0) is 5.41 Å². The van der Waals surface area contributed by atoms with E-state index in [9.17, 15) is 8.78 Å². The predicted octanol–water partition coefficient (Wildman–Crippen LogP) is 5.20. The van der Waals surface area contributed by atoms with Crippen LogP contribution in [0.2, 0.25) is 0 Å². The summed E-state index contributed by atoms with van der Waals surface area (Å²) in [5.74, 6) is -1.01. The van der Waals surface area contributed by atoms with Gasteiger partial charge in [0, 0.05) is 16.1 Å². The number of unbranched alkanes of at least 4 members (excludes halogenated alkanes) is 1. The van der Waals surface area contributed by atoms with Crippen molar-refractivity contribution in [2.24, 2.45) is 0 Å². The quantitative estimate of drug-likeness (QED) is 0.715. The van der Waals surface area contributed by atoms with E-state index >= 15 is 0 Å². The first-order valence-electron chi connectivity index (χ1n) is 5.53. The van der Waals surface area contributed by atoms with Crippen LogP contribution in [0.25, 0.3) is 0 Å². The fraction of sp³-hybridized carbons (Fsp3) is 0.538. The zero-order valence-electron chi connectivity index (χ0n) is 9.91. The summed E-state index contributed by atoms with van der Waals surface area (Å²) in [6, 6.07) is 2.28. The molecule has 0 saturated carbocycles. The summed E-state index contributed by atoms with van der Waals surface area (Å²) in [4.78, 5) is 0. The third kappa shape index (κ3) is 3.03. The van der Waals surface area contributed by atoms with Gasteiger partial charge in [-0.1, -0.05) is 49.5 Å².